The predicted octanol–water partition coefficient (Wildman–Crippen LogP) is 0.143. The van der Waals surface area contributed by atoms with Crippen LogP contribution in [0.2, 0.25) is 0 Å². The Morgan fingerprint density at radius 1 is 1.33 bits per heavy atom. The molecule has 0 saturated heterocycles. The normalized spacial score (nSPS) is 9.67. The lowest BCUT2D eigenvalue weighted by atomic mass is 10.1. The van der Waals surface area contributed by atoms with Crippen LogP contribution in [-0.2, 0) is 4.79 Å². The number of anilines is 1. The van der Waals surface area contributed by atoms with E-state index < -0.39 is 5.91 Å². The summed E-state index contributed by atoms with van der Waals surface area (Å²) in [6.45, 7) is 2.25. The number of nitrogen functional groups attached to an aromatic ring is 1. The minimum atomic E-state index is -0.405. The highest BCUT2D eigenvalue weighted by Gasteiger charge is 2.13. The summed E-state index contributed by atoms with van der Waals surface area (Å²) in [7, 11) is 1.47. The van der Waals surface area contributed by atoms with Gasteiger partial charge in [-0.15, -0.1) is 0 Å². The Bertz CT molecular complexity index is 446. The molecule has 0 spiro atoms. The van der Waals surface area contributed by atoms with Crippen molar-refractivity contribution >= 4 is 17.5 Å². The van der Waals surface area contributed by atoms with Crippen molar-refractivity contribution in [3.63, 3.8) is 0 Å². The second-order valence-corrected chi connectivity index (χ2v) is 3.56. The van der Waals surface area contributed by atoms with Crippen LogP contribution in [0.5, 0.6) is 5.75 Å². The summed E-state index contributed by atoms with van der Waals surface area (Å²) in [4.78, 5) is 23.0. The number of methoxy groups -OCH3 is 1. The molecule has 2 amide bonds. The number of carbonyl (C=O) groups is 2. The van der Waals surface area contributed by atoms with Gasteiger partial charge in [0, 0.05) is 6.54 Å². The number of hydrogen-bond acceptors (Lipinski definition) is 4. The van der Waals surface area contributed by atoms with Crippen molar-refractivity contribution in [1.82, 2.24) is 10.6 Å². The first kappa shape index (κ1) is 13.8. The van der Waals surface area contributed by atoms with E-state index in [1.54, 1.807) is 25.1 Å². The number of benzene rings is 1. The van der Waals surface area contributed by atoms with E-state index >= 15 is 0 Å². The van der Waals surface area contributed by atoms with Crippen LogP contribution in [0.1, 0.15) is 17.3 Å². The molecule has 0 aliphatic heterocycles. The van der Waals surface area contributed by atoms with Gasteiger partial charge in [-0.1, -0.05) is 6.07 Å². The summed E-state index contributed by atoms with van der Waals surface area (Å²) in [5.41, 5.74) is 6.32. The second-order valence-electron chi connectivity index (χ2n) is 3.56. The molecule has 0 bridgehead atoms. The third-order valence-electron chi connectivity index (χ3n) is 2.31. The van der Waals surface area contributed by atoms with E-state index in [-0.39, 0.29) is 18.1 Å². The zero-order valence-corrected chi connectivity index (χ0v) is 10.4. The third-order valence-corrected chi connectivity index (χ3v) is 2.31. The fourth-order valence-electron chi connectivity index (χ4n) is 1.44. The summed E-state index contributed by atoms with van der Waals surface area (Å²) in [5.74, 6) is -0.217. The molecule has 98 valence electrons. The van der Waals surface area contributed by atoms with Crippen molar-refractivity contribution in [2.45, 2.75) is 6.92 Å². The lowest BCUT2D eigenvalue weighted by molar-refractivity contribution is -0.120. The van der Waals surface area contributed by atoms with E-state index in [2.05, 4.69) is 10.6 Å². The molecule has 0 aliphatic carbocycles. The maximum Gasteiger partial charge on any atom is 0.253 e. The van der Waals surface area contributed by atoms with Gasteiger partial charge in [0.15, 0.2) is 0 Å². The maximum absolute atomic E-state index is 11.8. The molecule has 0 aromatic heterocycles. The van der Waals surface area contributed by atoms with Crippen LogP contribution >= 0.6 is 0 Å². The van der Waals surface area contributed by atoms with Gasteiger partial charge in [0.1, 0.15) is 5.75 Å². The van der Waals surface area contributed by atoms with Crippen molar-refractivity contribution in [3.05, 3.63) is 23.8 Å². The van der Waals surface area contributed by atoms with Gasteiger partial charge in [-0.3, -0.25) is 9.59 Å². The minimum absolute atomic E-state index is 0.0800. The number of para-hydroxylation sites is 1. The van der Waals surface area contributed by atoms with Gasteiger partial charge in [0.05, 0.1) is 24.9 Å². The standard InChI is InChI=1S/C12H17N3O3/c1-3-14-10(16)7-15-12(17)8-5-4-6-9(18-2)11(8)13/h4-6H,3,7,13H2,1-2H3,(H,14,16)(H,15,17). The Kier molecular flexibility index (Phi) is 4.98. The molecule has 0 fully saturated rings. The van der Waals surface area contributed by atoms with Crippen molar-refractivity contribution in [2.24, 2.45) is 0 Å². The number of amides is 2. The van der Waals surface area contributed by atoms with E-state index in [9.17, 15) is 9.59 Å². The number of carbonyl (C=O) groups excluding carboxylic acids is 2. The number of hydrogen-bond donors (Lipinski definition) is 3. The number of ether oxygens (including phenoxy) is 1. The summed E-state index contributed by atoms with van der Waals surface area (Å²) in [6.07, 6.45) is 0. The fraction of sp³-hybridized carbons (Fsp3) is 0.333. The highest BCUT2D eigenvalue weighted by molar-refractivity contribution is 6.01. The van der Waals surface area contributed by atoms with Crippen molar-refractivity contribution < 1.29 is 14.3 Å². The average Bonchev–Trinajstić information content (AvgIpc) is 2.36. The van der Waals surface area contributed by atoms with Gasteiger partial charge in [0.2, 0.25) is 5.91 Å². The largest absolute Gasteiger partial charge is 0.495 e. The van der Waals surface area contributed by atoms with Crippen molar-refractivity contribution in [1.29, 1.82) is 0 Å². The van der Waals surface area contributed by atoms with Gasteiger partial charge in [-0.25, -0.2) is 0 Å². The minimum Gasteiger partial charge on any atom is -0.495 e. The average molecular weight is 251 g/mol. The molecule has 1 aromatic rings. The Morgan fingerprint density at radius 2 is 2.06 bits per heavy atom. The molecular weight excluding hydrogens is 234 g/mol. The van der Waals surface area contributed by atoms with Gasteiger partial charge in [0.25, 0.3) is 5.91 Å². The summed E-state index contributed by atoms with van der Waals surface area (Å²) < 4.78 is 5.02. The van der Waals surface area contributed by atoms with Gasteiger partial charge in [-0.05, 0) is 19.1 Å². The van der Waals surface area contributed by atoms with Crippen LogP contribution in [0.3, 0.4) is 0 Å². The number of rotatable bonds is 5. The zero-order chi connectivity index (χ0) is 13.5. The monoisotopic (exact) mass is 251 g/mol. The molecule has 0 radical (unpaired) electrons. The molecule has 0 atom stereocenters. The Balaban J connectivity index is 2.70. The summed E-state index contributed by atoms with van der Waals surface area (Å²) in [5, 5.41) is 5.07. The number of nitrogens with one attached hydrogen (secondary N) is 2. The summed E-state index contributed by atoms with van der Waals surface area (Å²) >= 11 is 0. The SMILES string of the molecule is CCNC(=O)CNC(=O)c1cccc(OC)c1N. The Morgan fingerprint density at radius 3 is 2.67 bits per heavy atom. The lowest BCUT2D eigenvalue weighted by Gasteiger charge is -2.10. The van der Waals surface area contributed by atoms with Crippen LogP contribution in [-0.4, -0.2) is 32.0 Å². The maximum atomic E-state index is 11.8. The lowest BCUT2D eigenvalue weighted by Crippen LogP contribution is -2.37. The highest BCUT2D eigenvalue weighted by Crippen LogP contribution is 2.24. The van der Waals surface area contributed by atoms with E-state index in [4.69, 9.17) is 10.5 Å². The zero-order valence-electron chi connectivity index (χ0n) is 10.4. The molecule has 6 nitrogen and oxygen atoms in total. The quantitative estimate of drug-likeness (QED) is 0.649. The van der Waals surface area contributed by atoms with Crippen molar-refractivity contribution in [2.75, 3.05) is 25.9 Å². The van der Waals surface area contributed by atoms with Crippen LogP contribution in [0.25, 0.3) is 0 Å². The smallest absolute Gasteiger partial charge is 0.253 e. The molecule has 0 saturated carbocycles. The predicted molar refractivity (Wildman–Crippen MR) is 68.4 cm³/mol. The summed E-state index contributed by atoms with van der Waals surface area (Å²) in [6, 6.07) is 4.90. The third kappa shape index (κ3) is 3.38. The first-order valence-corrected chi connectivity index (χ1v) is 5.57. The van der Waals surface area contributed by atoms with Crippen LogP contribution in [0.15, 0.2) is 18.2 Å². The number of nitrogens with two attached hydrogens (primary N) is 1. The molecular formula is C12H17N3O3. The second kappa shape index (κ2) is 6.48. The number of likely N-dealkylation sites (N-methyl/N-ethyl adjacent to an activating group) is 1. The van der Waals surface area contributed by atoms with Crippen LogP contribution < -0.4 is 21.1 Å². The highest BCUT2D eigenvalue weighted by atomic mass is 16.5. The Labute approximate surface area is 105 Å². The molecule has 1 aromatic carbocycles. The molecule has 0 aliphatic rings. The van der Waals surface area contributed by atoms with E-state index in [0.717, 1.165) is 0 Å². The Hall–Kier alpha value is -2.24. The first-order chi connectivity index (χ1) is 8.60. The first-order valence-electron chi connectivity index (χ1n) is 5.57. The van der Waals surface area contributed by atoms with Gasteiger partial charge < -0.3 is 21.1 Å². The molecule has 6 heteroatoms. The topological polar surface area (TPSA) is 93.5 Å². The molecule has 0 unspecified atom stereocenters. The molecule has 1 rings (SSSR count). The molecule has 18 heavy (non-hydrogen) atoms. The molecule has 4 N–H and O–H groups in total. The van der Waals surface area contributed by atoms with E-state index in [1.165, 1.54) is 7.11 Å². The van der Waals surface area contributed by atoms with Gasteiger partial charge >= 0.3 is 0 Å². The van der Waals surface area contributed by atoms with E-state index in [0.29, 0.717) is 17.9 Å². The van der Waals surface area contributed by atoms with Crippen molar-refractivity contribution in [3.8, 4) is 5.75 Å². The van der Waals surface area contributed by atoms with Crippen LogP contribution in [0.4, 0.5) is 5.69 Å². The molecule has 0 heterocycles. The van der Waals surface area contributed by atoms with E-state index in [1.807, 2.05) is 0 Å². The fourth-order valence-corrected chi connectivity index (χ4v) is 1.44. The van der Waals surface area contributed by atoms with Gasteiger partial charge in [-0.2, -0.15) is 0 Å². The van der Waals surface area contributed by atoms with Crippen LogP contribution in [0, 0.1) is 0 Å².